The molecule has 1 aromatic carbocycles. The number of aromatic nitrogens is 3. The number of hydrogen-bond donors (Lipinski definition) is 3. The first kappa shape index (κ1) is 26.7. The van der Waals surface area contributed by atoms with Crippen molar-refractivity contribution in [1.82, 2.24) is 24.8 Å². The summed E-state index contributed by atoms with van der Waals surface area (Å²) in [5.41, 5.74) is 1.48. The Morgan fingerprint density at radius 2 is 1.74 bits per heavy atom. The second-order valence-corrected chi connectivity index (χ2v) is 11.0. The molecule has 1 atom stereocenters. The molecule has 0 unspecified atom stereocenters. The lowest BCUT2D eigenvalue weighted by Crippen LogP contribution is -2.55. The maximum Gasteiger partial charge on any atom is 0.272 e. The summed E-state index contributed by atoms with van der Waals surface area (Å²) in [6.07, 6.45) is 3.17. The zero-order valence-electron chi connectivity index (χ0n) is 21.7. The topological polar surface area (TPSA) is 132 Å². The van der Waals surface area contributed by atoms with Crippen molar-refractivity contribution in [3.8, 4) is 10.4 Å². The van der Waals surface area contributed by atoms with Gasteiger partial charge in [-0.3, -0.25) is 14.6 Å². The number of rotatable bonds is 7. The third-order valence-electron chi connectivity index (χ3n) is 6.65. The molecule has 0 saturated carbocycles. The van der Waals surface area contributed by atoms with E-state index in [4.69, 9.17) is 0 Å². The predicted molar refractivity (Wildman–Crippen MR) is 149 cm³/mol. The monoisotopic (exact) mass is 546 g/mol. The fourth-order valence-corrected chi connectivity index (χ4v) is 5.57. The molecule has 3 aromatic heterocycles. The van der Waals surface area contributed by atoms with Crippen LogP contribution in [0.25, 0.3) is 20.7 Å². The third-order valence-corrected chi connectivity index (χ3v) is 7.83. The van der Waals surface area contributed by atoms with Gasteiger partial charge in [0.05, 0.1) is 22.9 Å². The van der Waals surface area contributed by atoms with E-state index in [0.717, 1.165) is 26.2 Å². The maximum absolute atomic E-state index is 13.0. The molecule has 202 valence electrons. The van der Waals surface area contributed by atoms with Crippen molar-refractivity contribution in [2.24, 2.45) is 0 Å². The van der Waals surface area contributed by atoms with Crippen LogP contribution in [0.5, 0.6) is 0 Å². The normalized spacial score (nSPS) is 14.9. The number of piperazine rings is 1. The molecule has 3 N–H and O–H groups in total. The Morgan fingerprint density at radius 3 is 2.38 bits per heavy atom. The van der Waals surface area contributed by atoms with Gasteiger partial charge in [0.2, 0.25) is 0 Å². The number of pyridine rings is 1. The molecular weight excluding hydrogens is 516 g/mol. The number of anilines is 1. The van der Waals surface area contributed by atoms with Crippen molar-refractivity contribution >= 4 is 39.2 Å². The fourth-order valence-electron chi connectivity index (χ4n) is 4.51. The number of carbonyl (C=O) groups is 2. The minimum absolute atomic E-state index is 0.0854. The number of benzene rings is 1. The molecular formula is C28H30N6O4S. The summed E-state index contributed by atoms with van der Waals surface area (Å²) in [6.45, 7) is 4.35. The summed E-state index contributed by atoms with van der Waals surface area (Å²) in [5.74, 6) is 0.109. The molecule has 10 nitrogen and oxygen atoms in total. The molecule has 1 fully saturated rings. The van der Waals surface area contributed by atoms with Crippen LogP contribution in [0, 0.1) is 0 Å². The predicted octanol–water partition coefficient (Wildman–Crippen LogP) is 2.95. The van der Waals surface area contributed by atoms with Gasteiger partial charge in [-0.25, -0.2) is 9.97 Å². The molecule has 0 aliphatic carbocycles. The number of hydrogen-bond acceptors (Lipinski definition) is 9. The van der Waals surface area contributed by atoms with E-state index in [0.29, 0.717) is 37.7 Å². The summed E-state index contributed by atoms with van der Waals surface area (Å²) in [4.78, 5) is 42.8. The Labute approximate surface area is 230 Å². The average molecular weight is 547 g/mol. The van der Waals surface area contributed by atoms with Gasteiger partial charge >= 0.3 is 0 Å². The Kier molecular flexibility index (Phi) is 7.56. The van der Waals surface area contributed by atoms with Crippen LogP contribution in [0.15, 0.2) is 61.1 Å². The standard InChI is InChI=1S/C28H30N6O4S/c1-28(2,38)27(37)34-12-10-33(11-13-34)26(36)20-9-8-19(15-29-20)23-14-21-24(39-23)25(31-17-30-21)32-22(16-35)18-6-4-3-5-7-18/h3-9,14-15,17,22,35,38H,10-13,16H2,1-2H3,(H,30,31,32)/t22-/m1/s1. The van der Waals surface area contributed by atoms with Crippen molar-refractivity contribution < 1.29 is 19.8 Å². The van der Waals surface area contributed by atoms with Crippen LogP contribution < -0.4 is 5.32 Å². The van der Waals surface area contributed by atoms with Crippen molar-refractivity contribution in [3.05, 3.63) is 72.3 Å². The van der Waals surface area contributed by atoms with Crippen LogP contribution in [-0.4, -0.2) is 85.2 Å². The van der Waals surface area contributed by atoms with E-state index >= 15 is 0 Å². The van der Waals surface area contributed by atoms with E-state index in [2.05, 4.69) is 20.3 Å². The molecule has 0 radical (unpaired) electrons. The van der Waals surface area contributed by atoms with E-state index < -0.39 is 5.60 Å². The number of aliphatic hydroxyl groups is 2. The van der Waals surface area contributed by atoms with Crippen LogP contribution in [0.4, 0.5) is 5.82 Å². The first-order valence-electron chi connectivity index (χ1n) is 12.7. The molecule has 4 aromatic rings. The Bertz CT molecular complexity index is 1460. The first-order chi connectivity index (χ1) is 18.7. The zero-order chi connectivity index (χ0) is 27.6. The molecule has 2 amide bonds. The van der Waals surface area contributed by atoms with Gasteiger partial charge in [0.15, 0.2) is 0 Å². The van der Waals surface area contributed by atoms with Crippen molar-refractivity contribution in [3.63, 3.8) is 0 Å². The van der Waals surface area contributed by atoms with Gasteiger partial charge in [-0.2, -0.15) is 0 Å². The molecule has 0 bridgehead atoms. The van der Waals surface area contributed by atoms with Gasteiger partial charge in [0, 0.05) is 42.8 Å². The second kappa shape index (κ2) is 11.0. The summed E-state index contributed by atoms with van der Waals surface area (Å²) < 4.78 is 0.862. The van der Waals surface area contributed by atoms with Gasteiger partial charge in [-0.1, -0.05) is 30.3 Å². The molecule has 11 heteroatoms. The Balaban J connectivity index is 1.29. The molecule has 1 saturated heterocycles. The lowest BCUT2D eigenvalue weighted by atomic mass is 10.1. The summed E-state index contributed by atoms with van der Waals surface area (Å²) >= 11 is 1.51. The molecule has 4 heterocycles. The van der Waals surface area contributed by atoms with Gasteiger partial charge in [0.1, 0.15) is 23.4 Å². The summed E-state index contributed by atoms with van der Waals surface area (Å²) in [7, 11) is 0. The SMILES string of the molecule is CC(C)(O)C(=O)N1CCN(C(=O)c2ccc(-c3cc4ncnc(N[C@H](CO)c5ccccc5)c4s3)cn2)CC1. The number of nitrogens with one attached hydrogen (secondary N) is 1. The van der Waals surface area contributed by atoms with E-state index in [1.807, 2.05) is 42.5 Å². The van der Waals surface area contributed by atoms with Crippen molar-refractivity contribution in [1.29, 1.82) is 0 Å². The molecule has 1 aliphatic heterocycles. The first-order valence-corrected chi connectivity index (χ1v) is 13.5. The van der Waals surface area contributed by atoms with Crippen LogP contribution in [0.1, 0.15) is 35.9 Å². The Hall–Kier alpha value is -3.93. The molecule has 0 spiro atoms. The highest BCUT2D eigenvalue weighted by molar-refractivity contribution is 7.22. The number of thiophene rings is 1. The summed E-state index contributed by atoms with van der Waals surface area (Å²) in [6, 6.07) is 14.9. The fraction of sp³-hybridized carbons (Fsp3) is 0.321. The maximum atomic E-state index is 13.0. The Morgan fingerprint density at radius 1 is 1.03 bits per heavy atom. The number of aliphatic hydroxyl groups excluding tert-OH is 1. The minimum atomic E-state index is -1.43. The van der Waals surface area contributed by atoms with Crippen LogP contribution in [-0.2, 0) is 4.79 Å². The number of nitrogens with zero attached hydrogens (tertiary/aromatic N) is 5. The largest absolute Gasteiger partial charge is 0.394 e. The van der Waals surface area contributed by atoms with E-state index in [1.54, 1.807) is 22.1 Å². The lowest BCUT2D eigenvalue weighted by molar-refractivity contribution is -0.149. The minimum Gasteiger partial charge on any atom is -0.394 e. The van der Waals surface area contributed by atoms with Crippen molar-refractivity contribution in [2.75, 3.05) is 38.1 Å². The number of amides is 2. The van der Waals surface area contributed by atoms with E-state index in [9.17, 15) is 19.8 Å². The highest BCUT2D eigenvalue weighted by Gasteiger charge is 2.32. The van der Waals surface area contributed by atoms with E-state index in [-0.39, 0.29) is 24.5 Å². The lowest BCUT2D eigenvalue weighted by Gasteiger charge is -2.37. The van der Waals surface area contributed by atoms with Crippen LogP contribution in [0.2, 0.25) is 0 Å². The third kappa shape index (κ3) is 5.75. The highest BCUT2D eigenvalue weighted by Crippen LogP contribution is 2.36. The molecule has 39 heavy (non-hydrogen) atoms. The quantitative estimate of drug-likeness (QED) is 0.322. The van der Waals surface area contributed by atoms with Gasteiger partial charge in [-0.15, -0.1) is 11.3 Å². The van der Waals surface area contributed by atoms with Gasteiger partial charge in [0.25, 0.3) is 11.8 Å². The van der Waals surface area contributed by atoms with Crippen molar-refractivity contribution in [2.45, 2.75) is 25.5 Å². The average Bonchev–Trinajstić information content (AvgIpc) is 3.40. The smallest absolute Gasteiger partial charge is 0.272 e. The van der Waals surface area contributed by atoms with Crippen LogP contribution >= 0.6 is 11.3 Å². The van der Waals surface area contributed by atoms with Crippen LogP contribution in [0.3, 0.4) is 0 Å². The number of fused-ring (bicyclic) bond motifs is 1. The second-order valence-electron chi connectivity index (χ2n) is 9.91. The van der Waals surface area contributed by atoms with Gasteiger partial charge in [-0.05, 0) is 37.6 Å². The molecule has 5 rings (SSSR count). The number of carbonyl (C=O) groups excluding carboxylic acids is 2. The molecule has 1 aliphatic rings. The highest BCUT2D eigenvalue weighted by atomic mass is 32.1. The van der Waals surface area contributed by atoms with E-state index in [1.165, 1.54) is 31.5 Å². The summed E-state index contributed by atoms with van der Waals surface area (Å²) in [5, 5.41) is 23.3. The zero-order valence-corrected chi connectivity index (χ0v) is 22.6. The van der Waals surface area contributed by atoms with Gasteiger partial charge < -0.3 is 25.3 Å².